The number of nitrogens with zero attached hydrogens (tertiary/aromatic N) is 1. The lowest BCUT2D eigenvalue weighted by atomic mass is 9.84. The number of hydrogen-bond acceptors (Lipinski definition) is 6. The molecule has 8 nitrogen and oxygen atoms in total. The van der Waals surface area contributed by atoms with Crippen molar-refractivity contribution in [2.75, 3.05) is 19.7 Å². The second kappa shape index (κ2) is 12.4. The van der Waals surface area contributed by atoms with Gasteiger partial charge in [-0.15, -0.1) is 0 Å². The summed E-state index contributed by atoms with van der Waals surface area (Å²) in [5, 5.41) is 8.04. The molecule has 3 aromatic carbocycles. The lowest BCUT2D eigenvalue weighted by Gasteiger charge is -2.40. The van der Waals surface area contributed by atoms with Gasteiger partial charge in [0.2, 0.25) is 0 Å². The van der Waals surface area contributed by atoms with Crippen LogP contribution in [-0.2, 0) is 24.9 Å². The van der Waals surface area contributed by atoms with Gasteiger partial charge >= 0.3 is 12.2 Å². The summed E-state index contributed by atoms with van der Waals surface area (Å²) < 4.78 is 67.0. The molecule has 41 heavy (non-hydrogen) atoms. The van der Waals surface area contributed by atoms with Gasteiger partial charge in [0, 0.05) is 42.4 Å². The summed E-state index contributed by atoms with van der Waals surface area (Å²) in [6.07, 6.45) is -1.83. The van der Waals surface area contributed by atoms with E-state index in [1.165, 1.54) is 36.1 Å². The van der Waals surface area contributed by atoms with Gasteiger partial charge in [-0.2, -0.15) is 0 Å². The van der Waals surface area contributed by atoms with Crippen LogP contribution in [0.2, 0.25) is 5.02 Å². The van der Waals surface area contributed by atoms with Crippen LogP contribution < -0.4 is 0 Å². The summed E-state index contributed by atoms with van der Waals surface area (Å²) in [7, 11) is -4.28. The van der Waals surface area contributed by atoms with Crippen molar-refractivity contribution in [2.24, 2.45) is 5.92 Å². The van der Waals surface area contributed by atoms with Crippen LogP contribution in [0.3, 0.4) is 0 Å². The van der Waals surface area contributed by atoms with Crippen LogP contribution >= 0.6 is 11.6 Å². The fraction of sp³-hybridized carbons (Fsp3) is 0.310. The monoisotopic (exact) mass is 607 g/mol. The van der Waals surface area contributed by atoms with Crippen LogP contribution in [0.15, 0.2) is 77.7 Å². The molecule has 0 saturated carbocycles. The minimum Gasteiger partial charge on any atom is -0.450 e. The molecule has 0 aromatic heterocycles. The lowest BCUT2D eigenvalue weighted by molar-refractivity contribution is -0.0592. The average Bonchev–Trinajstić information content (AvgIpc) is 2.94. The standard InChI is InChI=1S/C29H28ClF2NO7S/c1-19(26(24-17-22(31)9-12-25(24)32)41(37,38)23-10-7-21(30)8-11-23)18-39-27(34)33-15-13-29(14-16-33,40-28(35)36)20-5-3-2-4-6-20/h2-12,17,19,26H,13-16,18H2,1H3,(H,35,36)/t19-,26+/m1/s1. The van der Waals surface area contributed by atoms with E-state index in [-0.39, 0.29) is 36.4 Å². The van der Waals surface area contributed by atoms with Crippen molar-refractivity contribution in [2.45, 2.75) is 35.5 Å². The number of halogens is 3. The molecule has 2 atom stereocenters. The van der Waals surface area contributed by atoms with Gasteiger partial charge in [-0.1, -0.05) is 48.9 Å². The topological polar surface area (TPSA) is 110 Å². The Morgan fingerprint density at radius 2 is 1.66 bits per heavy atom. The molecule has 12 heteroatoms. The summed E-state index contributed by atoms with van der Waals surface area (Å²) in [5.41, 5.74) is -0.861. The molecule has 0 radical (unpaired) electrons. The van der Waals surface area contributed by atoms with Crippen molar-refractivity contribution in [1.82, 2.24) is 4.90 Å². The predicted octanol–water partition coefficient (Wildman–Crippen LogP) is 6.59. The third-order valence-electron chi connectivity index (χ3n) is 7.14. The van der Waals surface area contributed by atoms with E-state index in [4.69, 9.17) is 21.1 Å². The van der Waals surface area contributed by atoms with Crippen molar-refractivity contribution in [3.8, 4) is 0 Å². The van der Waals surface area contributed by atoms with Gasteiger partial charge < -0.3 is 19.5 Å². The Labute approximate surface area is 241 Å². The third-order valence-corrected chi connectivity index (χ3v) is 9.71. The van der Waals surface area contributed by atoms with Crippen LogP contribution in [0, 0.1) is 17.6 Å². The number of rotatable bonds is 8. The largest absolute Gasteiger partial charge is 0.506 e. The number of carboxylic acid groups (broad SMARTS) is 1. The molecular weight excluding hydrogens is 580 g/mol. The van der Waals surface area contributed by atoms with Crippen molar-refractivity contribution < 1.29 is 41.4 Å². The van der Waals surface area contributed by atoms with Gasteiger partial charge in [-0.3, -0.25) is 0 Å². The van der Waals surface area contributed by atoms with Crippen molar-refractivity contribution in [1.29, 1.82) is 0 Å². The number of likely N-dealkylation sites (tertiary alicyclic amines) is 1. The smallest absolute Gasteiger partial charge is 0.450 e. The predicted molar refractivity (Wildman–Crippen MR) is 146 cm³/mol. The van der Waals surface area contributed by atoms with E-state index in [0.717, 1.165) is 18.2 Å². The normalized spacial score (nSPS) is 16.4. The highest BCUT2D eigenvalue weighted by atomic mass is 35.5. The van der Waals surface area contributed by atoms with E-state index >= 15 is 0 Å². The van der Waals surface area contributed by atoms with E-state index in [2.05, 4.69) is 0 Å². The molecular formula is C29H28ClF2NO7S. The molecule has 0 aliphatic carbocycles. The minimum absolute atomic E-state index is 0.112. The molecule has 0 spiro atoms. The number of piperidine rings is 1. The van der Waals surface area contributed by atoms with E-state index in [1.807, 2.05) is 0 Å². The summed E-state index contributed by atoms with van der Waals surface area (Å²) >= 11 is 5.90. The van der Waals surface area contributed by atoms with Gasteiger partial charge in [-0.05, 0) is 48.0 Å². The average molecular weight is 608 g/mol. The molecule has 1 fully saturated rings. The molecule has 1 N–H and O–H groups in total. The number of amides is 1. The van der Waals surface area contributed by atoms with Crippen LogP contribution in [-0.4, -0.2) is 50.4 Å². The number of hydrogen-bond donors (Lipinski definition) is 1. The van der Waals surface area contributed by atoms with E-state index < -0.39 is 57.1 Å². The summed E-state index contributed by atoms with van der Waals surface area (Å²) in [6.45, 7) is 1.27. The van der Waals surface area contributed by atoms with Crippen molar-refractivity contribution in [3.63, 3.8) is 0 Å². The van der Waals surface area contributed by atoms with E-state index in [1.54, 1.807) is 30.3 Å². The summed E-state index contributed by atoms with van der Waals surface area (Å²) in [4.78, 5) is 25.6. The second-order valence-electron chi connectivity index (χ2n) is 9.85. The molecule has 0 unspecified atom stereocenters. The molecule has 1 aliphatic rings. The Balaban J connectivity index is 1.51. The molecule has 1 aliphatic heterocycles. The van der Waals surface area contributed by atoms with Crippen molar-refractivity contribution >= 4 is 33.7 Å². The number of carbonyl (C=O) groups is 2. The van der Waals surface area contributed by atoms with Gasteiger partial charge in [0.05, 0.1) is 16.8 Å². The fourth-order valence-electron chi connectivity index (χ4n) is 5.07. The van der Waals surface area contributed by atoms with Gasteiger partial charge in [0.15, 0.2) is 9.84 Å². The first-order chi connectivity index (χ1) is 19.4. The molecule has 1 heterocycles. The Morgan fingerprint density at radius 3 is 2.27 bits per heavy atom. The van der Waals surface area contributed by atoms with Crippen LogP contribution in [0.5, 0.6) is 0 Å². The highest BCUT2D eigenvalue weighted by Gasteiger charge is 2.42. The maximum Gasteiger partial charge on any atom is 0.506 e. The highest BCUT2D eigenvalue weighted by Crippen LogP contribution is 2.39. The maximum absolute atomic E-state index is 14.9. The molecule has 1 saturated heterocycles. The summed E-state index contributed by atoms with van der Waals surface area (Å²) in [6, 6.07) is 16.7. The number of benzene rings is 3. The quantitative estimate of drug-likeness (QED) is 0.288. The number of sulfone groups is 1. The minimum atomic E-state index is -4.28. The molecule has 4 rings (SSSR count). The van der Waals surface area contributed by atoms with Crippen LogP contribution in [0.4, 0.5) is 18.4 Å². The maximum atomic E-state index is 14.9. The van der Waals surface area contributed by atoms with Gasteiger partial charge in [-0.25, -0.2) is 26.8 Å². The Morgan fingerprint density at radius 1 is 1.02 bits per heavy atom. The van der Waals surface area contributed by atoms with Gasteiger partial charge in [0.25, 0.3) is 0 Å². The zero-order valence-electron chi connectivity index (χ0n) is 22.0. The SMILES string of the molecule is C[C@H](COC(=O)N1CCC(OC(=O)O)(c2ccccc2)CC1)[C@@H](c1cc(F)ccc1F)S(=O)(=O)c1ccc(Cl)cc1. The highest BCUT2D eigenvalue weighted by molar-refractivity contribution is 7.91. The van der Waals surface area contributed by atoms with Crippen LogP contribution in [0.25, 0.3) is 0 Å². The first-order valence-corrected chi connectivity index (χ1v) is 14.7. The Bertz CT molecular complexity index is 1500. The molecule has 1 amide bonds. The number of ether oxygens (including phenoxy) is 2. The third kappa shape index (κ3) is 6.79. The molecule has 0 bridgehead atoms. The summed E-state index contributed by atoms with van der Waals surface area (Å²) in [5.74, 6) is -2.72. The molecule has 3 aromatic rings. The molecule has 218 valence electrons. The number of carbonyl (C=O) groups excluding carboxylic acids is 1. The second-order valence-corrected chi connectivity index (χ2v) is 12.4. The lowest BCUT2D eigenvalue weighted by Crippen LogP contribution is -2.47. The first kappa shape index (κ1) is 30.3. The fourth-order valence-corrected chi connectivity index (χ4v) is 7.21. The Kier molecular flexibility index (Phi) is 9.18. The zero-order valence-corrected chi connectivity index (χ0v) is 23.6. The van der Waals surface area contributed by atoms with Crippen LogP contribution in [0.1, 0.15) is 36.1 Å². The van der Waals surface area contributed by atoms with E-state index in [0.29, 0.717) is 10.6 Å². The van der Waals surface area contributed by atoms with Gasteiger partial charge in [0.1, 0.15) is 17.2 Å². The van der Waals surface area contributed by atoms with Crippen molar-refractivity contribution in [3.05, 3.63) is 101 Å². The Hall–Kier alpha value is -3.70. The zero-order chi connectivity index (χ0) is 29.8. The first-order valence-electron chi connectivity index (χ1n) is 12.8. The van der Waals surface area contributed by atoms with E-state index in [9.17, 15) is 31.9 Å².